The largest absolute Gasteiger partial charge is 0.507 e. The normalized spacial score (nSPS) is 13.1. The number of phenols is 3. The number of aromatic hydroxyl groups is 3. The van der Waals surface area contributed by atoms with E-state index in [1.807, 2.05) is 54.6 Å². The zero-order valence-corrected chi connectivity index (χ0v) is 45.8. The minimum absolute atomic E-state index is 0.302. The fourth-order valence-electron chi connectivity index (χ4n) is 9.29. The first-order chi connectivity index (χ1) is 32.6. The fourth-order valence-corrected chi connectivity index (χ4v) is 9.29. The minimum atomic E-state index is -0.348. The van der Waals surface area contributed by atoms with Gasteiger partial charge in [0.1, 0.15) is 17.2 Å². The number of carbonyl (C=O) groups is 2. The molecule has 0 aliphatic heterocycles. The van der Waals surface area contributed by atoms with E-state index < -0.39 is 0 Å². The van der Waals surface area contributed by atoms with Gasteiger partial charge in [0.15, 0.2) is 12.6 Å². The Bertz CT molecular complexity index is 2970. The second kappa shape index (κ2) is 19.3. The molecule has 0 heterocycles. The van der Waals surface area contributed by atoms with Crippen molar-refractivity contribution in [2.24, 2.45) is 0 Å². The van der Waals surface area contributed by atoms with Gasteiger partial charge in [-0.2, -0.15) is 0 Å². The molecule has 6 aromatic rings. The lowest BCUT2D eigenvalue weighted by Gasteiger charge is -2.28. The van der Waals surface area contributed by atoms with Gasteiger partial charge in [-0.25, -0.2) is 0 Å². The lowest BCUT2D eigenvalue weighted by Crippen LogP contribution is -2.17. The predicted molar refractivity (Wildman–Crippen MR) is 301 cm³/mol. The van der Waals surface area contributed by atoms with Crippen molar-refractivity contribution >= 4 is 36.9 Å². The highest BCUT2D eigenvalue weighted by Gasteiger charge is 2.30. The Hall–Kier alpha value is -6.46. The van der Waals surface area contributed by atoms with Gasteiger partial charge < -0.3 is 15.3 Å². The Morgan fingerprint density at radius 1 is 0.296 bits per heavy atom. The van der Waals surface area contributed by atoms with Gasteiger partial charge in [-0.3, -0.25) is 9.59 Å². The maximum absolute atomic E-state index is 12.7. The first kappa shape index (κ1) is 53.9. The van der Waals surface area contributed by atoms with Crippen molar-refractivity contribution in [3.63, 3.8) is 0 Å². The molecule has 71 heavy (non-hydrogen) atoms. The van der Waals surface area contributed by atoms with Crippen LogP contribution in [-0.2, 0) is 32.5 Å². The summed E-state index contributed by atoms with van der Waals surface area (Å²) in [6, 6.07) is 30.5. The summed E-state index contributed by atoms with van der Waals surface area (Å²) < 4.78 is 0. The lowest BCUT2D eigenvalue weighted by molar-refractivity contribution is 0.111. The van der Waals surface area contributed by atoms with Crippen molar-refractivity contribution in [1.82, 2.24) is 0 Å². The van der Waals surface area contributed by atoms with Gasteiger partial charge >= 0.3 is 0 Å². The SMILES string of the molecule is CC(C)(C)c1cc(-c2ccc(C=O)c(/C=C/c3ccc(-c4cc(C(C)(C)C)c(O)c(C(C)(C)C)c4)c(/C=C/c4cc(-c5cc(C(C)(C)C)c(O)c(C(C)(C)C)c5)ccc4C=O)c3)c2)cc(C(C)(C)C)c1O. The maximum atomic E-state index is 12.7. The molecule has 0 saturated carbocycles. The number of carbonyl (C=O) groups excluding carboxylic acids is 2. The van der Waals surface area contributed by atoms with Crippen LogP contribution in [0.25, 0.3) is 57.7 Å². The molecule has 0 saturated heterocycles. The average Bonchev–Trinajstić information content (AvgIpc) is 3.25. The van der Waals surface area contributed by atoms with Crippen molar-refractivity contribution < 1.29 is 24.9 Å². The molecule has 0 aromatic heterocycles. The first-order valence-electron chi connectivity index (χ1n) is 25.0. The third-order valence-electron chi connectivity index (χ3n) is 13.6. The van der Waals surface area contributed by atoms with Crippen molar-refractivity contribution in [3.8, 4) is 50.6 Å². The summed E-state index contributed by atoms with van der Waals surface area (Å²) >= 11 is 0. The van der Waals surface area contributed by atoms with Crippen LogP contribution >= 0.6 is 0 Å². The van der Waals surface area contributed by atoms with Crippen LogP contribution < -0.4 is 0 Å². The van der Waals surface area contributed by atoms with Gasteiger partial charge in [0.05, 0.1) is 0 Å². The van der Waals surface area contributed by atoms with Gasteiger partial charge in [0, 0.05) is 44.5 Å². The molecular weight excluding hydrogens is 873 g/mol. The predicted octanol–water partition coefficient (Wildman–Crippen LogP) is 17.6. The number of aldehydes is 2. The summed E-state index contributed by atoms with van der Waals surface area (Å²) in [4.78, 5) is 25.3. The molecule has 3 N–H and O–H groups in total. The van der Waals surface area contributed by atoms with Crippen LogP contribution in [0.15, 0.2) is 91.0 Å². The Kier molecular flexibility index (Phi) is 14.6. The van der Waals surface area contributed by atoms with Crippen LogP contribution in [0.4, 0.5) is 0 Å². The van der Waals surface area contributed by atoms with E-state index in [2.05, 4.69) is 185 Å². The van der Waals surface area contributed by atoms with Gasteiger partial charge in [0.2, 0.25) is 0 Å². The van der Waals surface area contributed by atoms with E-state index in [-0.39, 0.29) is 32.5 Å². The molecule has 0 aliphatic carbocycles. The topological polar surface area (TPSA) is 94.8 Å². The molecule has 372 valence electrons. The van der Waals surface area contributed by atoms with Crippen LogP contribution in [0.1, 0.15) is 201 Å². The Morgan fingerprint density at radius 2 is 0.592 bits per heavy atom. The Morgan fingerprint density at radius 3 is 0.901 bits per heavy atom. The summed E-state index contributed by atoms with van der Waals surface area (Å²) in [5, 5.41) is 34.7. The summed E-state index contributed by atoms with van der Waals surface area (Å²) in [7, 11) is 0. The third-order valence-corrected chi connectivity index (χ3v) is 13.6. The van der Waals surface area contributed by atoms with Gasteiger partial charge in [-0.15, -0.1) is 0 Å². The van der Waals surface area contributed by atoms with Gasteiger partial charge in [-0.05, 0) is 143 Å². The van der Waals surface area contributed by atoms with Crippen molar-refractivity contribution in [3.05, 3.63) is 158 Å². The van der Waals surface area contributed by atoms with Crippen LogP contribution in [0.3, 0.4) is 0 Å². The summed E-state index contributed by atoms with van der Waals surface area (Å²) in [6.45, 7) is 37.9. The van der Waals surface area contributed by atoms with E-state index >= 15 is 0 Å². The van der Waals surface area contributed by atoms with Crippen LogP contribution in [-0.4, -0.2) is 27.9 Å². The highest BCUT2D eigenvalue weighted by atomic mass is 16.3. The quantitative estimate of drug-likeness (QED) is 0.0991. The maximum Gasteiger partial charge on any atom is 0.150 e. The zero-order chi connectivity index (χ0) is 53.0. The monoisotopic (exact) mass is 951 g/mol. The smallest absolute Gasteiger partial charge is 0.150 e. The Labute approximate surface area is 425 Å². The van der Waals surface area contributed by atoms with E-state index in [0.29, 0.717) is 28.4 Å². The molecule has 6 aromatic carbocycles. The summed E-state index contributed by atoms with van der Waals surface area (Å²) in [6.07, 6.45) is 9.81. The third kappa shape index (κ3) is 11.8. The molecule has 0 amide bonds. The molecule has 0 aliphatic rings. The first-order valence-corrected chi connectivity index (χ1v) is 25.0. The highest BCUT2D eigenvalue weighted by Crippen LogP contribution is 2.46. The van der Waals surface area contributed by atoms with E-state index in [9.17, 15) is 24.9 Å². The standard InChI is InChI=1S/C66H78O5/c1-61(2,3)52-32-48(33-53(58(52)69)62(4,5)6)43-23-26-46(38-67)41(30-43)21-19-40-20-28-51(50-36-56(65(13,14)15)60(71)57(37-50)66(16,17)18)45(29-40)25-22-42-31-44(24-27-47(42)39-68)49-34-54(63(7,8)9)59(70)55(35-49)64(10,11)12/h19-39,69-71H,1-18H3/b21-19+,25-22+. The number of rotatable bonds is 9. The average molecular weight is 951 g/mol. The summed E-state index contributed by atoms with van der Waals surface area (Å²) in [5.74, 6) is 0.941. The molecule has 6 rings (SSSR count). The van der Waals surface area contributed by atoms with E-state index in [1.54, 1.807) is 0 Å². The molecule has 0 radical (unpaired) electrons. The number of hydrogen-bond acceptors (Lipinski definition) is 5. The van der Waals surface area contributed by atoms with Gasteiger partial charge in [0.25, 0.3) is 0 Å². The second-order valence-electron chi connectivity index (χ2n) is 25.7. The van der Waals surface area contributed by atoms with Crippen LogP contribution in [0.5, 0.6) is 17.2 Å². The van der Waals surface area contributed by atoms with E-state index in [0.717, 1.165) is 102 Å². The number of phenolic OH excluding ortho intramolecular Hbond substituents is 3. The minimum Gasteiger partial charge on any atom is -0.507 e. The molecule has 0 unspecified atom stereocenters. The molecule has 0 bridgehead atoms. The highest BCUT2D eigenvalue weighted by molar-refractivity contribution is 5.91. The van der Waals surface area contributed by atoms with Gasteiger partial charge in [-0.1, -0.05) is 185 Å². The molecule has 5 heteroatoms. The van der Waals surface area contributed by atoms with Crippen molar-refractivity contribution in [2.45, 2.75) is 157 Å². The fraction of sp³-hybridized carbons (Fsp3) is 0.364. The molecule has 0 fully saturated rings. The van der Waals surface area contributed by atoms with E-state index in [1.165, 1.54) is 0 Å². The molecular formula is C66H78O5. The van der Waals surface area contributed by atoms with Crippen LogP contribution in [0.2, 0.25) is 0 Å². The Balaban J connectivity index is 1.55. The second-order valence-corrected chi connectivity index (χ2v) is 25.7. The zero-order valence-electron chi connectivity index (χ0n) is 45.8. The van der Waals surface area contributed by atoms with Crippen molar-refractivity contribution in [1.29, 1.82) is 0 Å². The number of hydrogen-bond donors (Lipinski definition) is 3. The molecule has 0 spiro atoms. The molecule has 5 nitrogen and oxygen atoms in total. The van der Waals surface area contributed by atoms with Crippen molar-refractivity contribution in [2.75, 3.05) is 0 Å². The molecule has 0 atom stereocenters. The summed E-state index contributed by atoms with van der Waals surface area (Å²) in [5.41, 5.74) is 13.3. The number of benzene rings is 6. The van der Waals surface area contributed by atoms with E-state index in [4.69, 9.17) is 0 Å². The van der Waals surface area contributed by atoms with Crippen LogP contribution in [0, 0.1) is 0 Å². The lowest BCUT2D eigenvalue weighted by atomic mass is 9.77.